The van der Waals surface area contributed by atoms with Gasteiger partial charge in [0.1, 0.15) is 0 Å². The summed E-state index contributed by atoms with van der Waals surface area (Å²) >= 11 is 6.44. The summed E-state index contributed by atoms with van der Waals surface area (Å²) in [5.41, 5.74) is 2.89. The first kappa shape index (κ1) is 13.9. The number of hydrogen-bond acceptors (Lipinski definition) is 0. The predicted octanol–water partition coefficient (Wildman–Crippen LogP) is 3.92. The van der Waals surface area contributed by atoms with Gasteiger partial charge in [-0.25, -0.2) is 0 Å². The molecule has 0 aromatic heterocycles. The van der Waals surface area contributed by atoms with Gasteiger partial charge in [-0.3, -0.25) is 25.8 Å². The van der Waals surface area contributed by atoms with E-state index in [2.05, 4.69) is 57.8 Å². The van der Waals surface area contributed by atoms with E-state index in [0.717, 1.165) is 12.8 Å². The van der Waals surface area contributed by atoms with Gasteiger partial charge in [0.25, 0.3) is 0 Å². The van der Waals surface area contributed by atoms with Crippen LogP contribution < -0.4 is 0 Å². The lowest BCUT2D eigenvalue weighted by molar-refractivity contribution is 1.04. The average Bonchev–Trinajstić information content (AvgIpc) is 2.19. The Kier molecular flexibility index (Phi) is 10.2. The molecule has 0 nitrogen and oxygen atoms in total. The van der Waals surface area contributed by atoms with Crippen molar-refractivity contribution in [2.24, 2.45) is 0 Å². The summed E-state index contributed by atoms with van der Waals surface area (Å²) in [6, 6.07) is 9.30. The molecule has 0 aliphatic rings. The second kappa shape index (κ2) is 9.50. The van der Waals surface area contributed by atoms with Crippen LogP contribution in [0.15, 0.2) is 18.2 Å². The fraction of sp³-hybridized carbons (Fsp3) is 0.400. The maximum Gasteiger partial charge on any atom is 0.560 e. The molecule has 0 saturated heterocycles. The topological polar surface area (TPSA) is 0 Å². The summed E-state index contributed by atoms with van der Waals surface area (Å²) < 4.78 is 0. The van der Waals surface area contributed by atoms with E-state index in [-0.39, 0.29) is 16.0 Å². The molecular formula is C10H13Br2Mg. The molecule has 0 N–H and O–H groups in total. The van der Waals surface area contributed by atoms with Gasteiger partial charge in [-0.05, 0) is 30.0 Å². The predicted molar refractivity (Wildman–Crippen MR) is 67.6 cm³/mol. The molecular weight excluding hydrogens is 304 g/mol. The van der Waals surface area contributed by atoms with E-state index in [9.17, 15) is 0 Å². The van der Waals surface area contributed by atoms with Crippen molar-refractivity contribution >= 4 is 41.8 Å². The third kappa shape index (κ3) is 6.10. The van der Waals surface area contributed by atoms with Crippen LogP contribution >= 0.6 is 25.8 Å². The molecule has 69 valence electrons. The molecule has 0 fully saturated rings. The molecule has 13 heavy (non-hydrogen) atoms. The largest absolute Gasteiger partial charge is 0.560 e. The molecule has 1 rings (SSSR count). The summed E-state index contributed by atoms with van der Waals surface area (Å²) in [6.07, 6.45) is 2.26. The van der Waals surface area contributed by atoms with Gasteiger partial charge < -0.3 is 0 Å². The summed E-state index contributed by atoms with van der Waals surface area (Å²) in [5.74, 6) is 0. The lowest BCUT2D eigenvalue weighted by Crippen LogP contribution is -1.88. The highest BCUT2D eigenvalue weighted by atomic mass is 79.9. The van der Waals surface area contributed by atoms with Crippen molar-refractivity contribution in [3.63, 3.8) is 0 Å². The van der Waals surface area contributed by atoms with Gasteiger partial charge >= 0.3 is 16.0 Å². The minimum absolute atomic E-state index is 0.0417. The van der Waals surface area contributed by atoms with Crippen LogP contribution in [0.4, 0.5) is 0 Å². The van der Waals surface area contributed by atoms with Gasteiger partial charge in [0.15, 0.2) is 0 Å². The van der Waals surface area contributed by atoms with Crippen molar-refractivity contribution in [2.75, 3.05) is 0 Å². The van der Waals surface area contributed by atoms with E-state index >= 15 is 0 Å². The van der Waals surface area contributed by atoms with E-state index in [1.54, 1.807) is 0 Å². The van der Waals surface area contributed by atoms with Crippen LogP contribution in [0.2, 0.25) is 0 Å². The zero-order chi connectivity index (χ0) is 10.1. The summed E-state index contributed by atoms with van der Waals surface area (Å²) in [5, 5.41) is 0. The van der Waals surface area contributed by atoms with Crippen LogP contribution in [0.1, 0.15) is 25.0 Å². The number of aryl methyl sites for hydroxylation is 2. The average molecular weight is 317 g/mol. The van der Waals surface area contributed by atoms with Crippen LogP contribution in [0.25, 0.3) is 0 Å². The Bertz CT molecular complexity index is 203. The fourth-order valence-corrected chi connectivity index (χ4v) is 1.17. The van der Waals surface area contributed by atoms with E-state index in [1.807, 2.05) is 6.07 Å². The minimum Gasteiger partial charge on any atom is -0.280 e. The van der Waals surface area contributed by atoms with Crippen LogP contribution in [0.5, 0.6) is 0 Å². The smallest absolute Gasteiger partial charge is 0.280 e. The monoisotopic (exact) mass is 315 g/mol. The highest BCUT2D eigenvalue weighted by Crippen LogP contribution is 2.08. The van der Waals surface area contributed by atoms with E-state index < -0.39 is 0 Å². The van der Waals surface area contributed by atoms with E-state index in [0.29, 0.717) is 0 Å². The van der Waals surface area contributed by atoms with E-state index in [1.165, 1.54) is 11.1 Å². The third-order valence-electron chi connectivity index (χ3n) is 1.81. The number of rotatable bonds is 2. The highest BCUT2D eigenvalue weighted by Gasteiger charge is 1.94. The first-order valence-electron chi connectivity index (χ1n) is 4.39. The SMILES string of the molecule is CCc1c[c]ccc1CC.[Br][Mg][Br]. The summed E-state index contributed by atoms with van der Waals surface area (Å²) in [7, 11) is 0. The Labute approximate surface area is 103 Å². The maximum absolute atomic E-state index is 3.20. The van der Waals surface area contributed by atoms with E-state index in [4.69, 9.17) is 0 Å². The maximum atomic E-state index is 3.20. The second-order valence-corrected chi connectivity index (χ2v) is 10.6. The second-order valence-electron chi connectivity index (χ2n) is 2.50. The molecule has 1 radical (unpaired) electrons. The molecule has 0 bridgehead atoms. The standard InChI is InChI=1S/C10H13.2BrH.Mg/c1-3-9-7-5-6-8-10(9)4-2;;;/h5,7-8H,3-4H2,1-2H3;2*1H;/q;;;+2/p-2. The molecule has 0 spiro atoms. The van der Waals surface area contributed by atoms with Crippen LogP contribution in [0, 0.1) is 6.07 Å². The van der Waals surface area contributed by atoms with Gasteiger partial charge in [0.05, 0.1) is 0 Å². The molecule has 0 heterocycles. The Balaban J connectivity index is 0.000000424. The number of hydrogen-bond donors (Lipinski definition) is 0. The summed E-state index contributed by atoms with van der Waals surface area (Å²) in [4.78, 5) is 0. The van der Waals surface area contributed by atoms with Crippen molar-refractivity contribution < 1.29 is 0 Å². The van der Waals surface area contributed by atoms with Crippen LogP contribution in [-0.2, 0) is 12.8 Å². The summed E-state index contributed by atoms with van der Waals surface area (Å²) in [6.45, 7) is 4.37. The van der Waals surface area contributed by atoms with Gasteiger partial charge in [-0.1, -0.05) is 32.0 Å². The molecule has 1 aromatic carbocycles. The number of halogens is 2. The van der Waals surface area contributed by atoms with Gasteiger partial charge in [0, 0.05) is 0 Å². The Morgan fingerprint density at radius 2 is 1.77 bits per heavy atom. The van der Waals surface area contributed by atoms with Gasteiger partial charge in [-0.15, -0.1) is 0 Å². The first-order valence-corrected chi connectivity index (χ1v) is 12.2. The Morgan fingerprint density at radius 3 is 2.15 bits per heavy atom. The van der Waals surface area contributed by atoms with Crippen LogP contribution in [-0.4, -0.2) is 16.0 Å². The lowest BCUT2D eigenvalue weighted by Gasteiger charge is -2.02. The Hall–Kier alpha value is 0.946. The van der Waals surface area contributed by atoms with Gasteiger partial charge in [-0.2, -0.15) is 0 Å². The molecule has 0 saturated carbocycles. The third-order valence-corrected chi connectivity index (χ3v) is 1.81. The van der Waals surface area contributed by atoms with Crippen LogP contribution in [0.3, 0.4) is 0 Å². The zero-order valence-corrected chi connectivity index (χ0v) is 12.7. The molecule has 0 unspecified atom stereocenters. The molecule has 0 aliphatic heterocycles. The molecule has 1 aromatic rings. The quantitative estimate of drug-likeness (QED) is 0.725. The normalized spacial score (nSPS) is 8.31. The minimum atomic E-state index is 0.0417. The Morgan fingerprint density at radius 1 is 1.23 bits per heavy atom. The van der Waals surface area contributed by atoms with Gasteiger partial charge in [0.2, 0.25) is 0 Å². The highest BCUT2D eigenvalue weighted by molar-refractivity contribution is 9.47. The molecule has 3 heteroatoms. The fourth-order valence-electron chi connectivity index (χ4n) is 1.17. The molecule has 0 aliphatic carbocycles. The van der Waals surface area contributed by atoms with Crippen molar-refractivity contribution in [3.05, 3.63) is 35.4 Å². The molecule has 0 amide bonds. The van der Waals surface area contributed by atoms with Crippen molar-refractivity contribution in [1.82, 2.24) is 0 Å². The van der Waals surface area contributed by atoms with Crippen molar-refractivity contribution in [1.29, 1.82) is 0 Å². The zero-order valence-electron chi connectivity index (χ0n) is 8.11. The lowest BCUT2D eigenvalue weighted by atomic mass is 10.0. The number of benzene rings is 1. The first-order chi connectivity index (χ1) is 6.29. The molecule has 0 atom stereocenters. The van der Waals surface area contributed by atoms with Crippen molar-refractivity contribution in [2.45, 2.75) is 26.7 Å². The van der Waals surface area contributed by atoms with Crippen molar-refractivity contribution in [3.8, 4) is 0 Å².